The van der Waals surface area contributed by atoms with E-state index >= 15 is 0 Å². The maximum atomic E-state index is 2.51. The van der Waals surface area contributed by atoms with Crippen molar-refractivity contribution in [3.63, 3.8) is 0 Å². The molecule has 1 fully saturated rings. The van der Waals surface area contributed by atoms with Gasteiger partial charge in [0.15, 0.2) is 0 Å². The molecule has 0 nitrogen and oxygen atoms in total. The molecule has 96 valence electrons. The van der Waals surface area contributed by atoms with Gasteiger partial charge in [0.1, 0.15) is 0 Å². The van der Waals surface area contributed by atoms with Crippen LogP contribution in [0.1, 0.15) is 61.3 Å². The van der Waals surface area contributed by atoms with Crippen LogP contribution in [0.2, 0.25) is 0 Å². The van der Waals surface area contributed by atoms with E-state index in [1.807, 2.05) is 0 Å². The summed E-state index contributed by atoms with van der Waals surface area (Å²) in [5.41, 5.74) is 0. The monoisotopic (exact) mass is 224 g/mol. The number of hydrogen-bond donors (Lipinski definition) is 0. The Morgan fingerprint density at radius 1 is 0.938 bits per heavy atom. The van der Waals surface area contributed by atoms with Gasteiger partial charge in [-0.1, -0.05) is 54.9 Å². The van der Waals surface area contributed by atoms with Gasteiger partial charge < -0.3 is 0 Å². The van der Waals surface area contributed by atoms with Crippen LogP contribution in [0.15, 0.2) is 0 Å². The van der Waals surface area contributed by atoms with E-state index in [2.05, 4.69) is 48.5 Å². The van der Waals surface area contributed by atoms with Crippen molar-refractivity contribution in [1.29, 1.82) is 0 Å². The third-order valence-electron chi connectivity index (χ3n) is 5.65. The Labute approximate surface area is 103 Å². The van der Waals surface area contributed by atoms with Gasteiger partial charge in [0.25, 0.3) is 0 Å². The van der Waals surface area contributed by atoms with Gasteiger partial charge in [-0.2, -0.15) is 0 Å². The highest BCUT2D eigenvalue weighted by atomic mass is 14.4. The lowest BCUT2D eigenvalue weighted by atomic mass is 9.70. The smallest absolute Gasteiger partial charge is 0.0334 e. The molecule has 0 bridgehead atoms. The summed E-state index contributed by atoms with van der Waals surface area (Å²) in [4.78, 5) is 0. The molecule has 0 spiro atoms. The van der Waals surface area contributed by atoms with E-state index in [0.717, 1.165) is 41.4 Å². The van der Waals surface area contributed by atoms with Crippen LogP contribution in [0.4, 0.5) is 0 Å². The fraction of sp³-hybridized carbons (Fsp3) is 1.00. The zero-order chi connectivity index (χ0) is 12.5. The van der Waals surface area contributed by atoms with Gasteiger partial charge in [-0.3, -0.25) is 0 Å². The average Bonchev–Trinajstić information content (AvgIpc) is 2.30. The standard InChI is InChI=1S/C16H32/c1-8-15-9-11(4)12(5)16(10(2)3)14(7)13(15)6/h10-16H,8-9H2,1-7H3. The van der Waals surface area contributed by atoms with E-state index in [9.17, 15) is 0 Å². The topological polar surface area (TPSA) is 0 Å². The van der Waals surface area contributed by atoms with Gasteiger partial charge in [-0.05, 0) is 47.8 Å². The molecule has 1 aliphatic rings. The van der Waals surface area contributed by atoms with Crippen molar-refractivity contribution in [3.8, 4) is 0 Å². The molecule has 6 unspecified atom stereocenters. The number of rotatable bonds is 2. The Bertz CT molecular complexity index is 206. The Balaban J connectivity index is 2.94. The van der Waals surface area contributed by atoms with Crippen molar-refractivity contribution in [2.75, 3.05) is 0 Å². The van der Waals surface area contributed by atoms with Crippen molar-refractivity contribution in [2.45, 2.75) is 61.3 Å². The second kappa shape index (κ2) is 5.56. The fourth-order valence-corrected chi connectivity index (χ4v) is 4.30. The Morgan fingerprint density at radius 3 is 1.94 bits per heavy atom. The summed E-state index contributed by atoms with van der Waals surface area (Å²) < 4.78 is 0. The van der Waals surface area contributed by atoms with E-state index in [1.54, 1.807) is 0 Å². The van der Waals surface area contributed by atoms with Gasteiger partial charge in [0.2, 0.25) is 0 Å². The van der Waals surface area contributed by atoms with Crippen LogP contribution in [0.3, 0.4) is 0 Å². The molecule has 0 N–H and O–H groups in total. The molecule has 0 saturated heterocycles. The molecule has 0 aromatic rings. The van der Waals surface area contributed by atoms with Crippen molar-refractivity contribution in [2.24, 2.45) is 41.4 Å². The molecule has 1 rings (SSSR count). The summed E-state index contributed by atoms with van der Waals surface area (Å²) in [6.45, 7) is 17.2. The van der Waals surface area contributed by atoms with Crippen molar-refractivity contribution in [3.05, 3.63) is 0 Å². The normalized spacial score (nSPS) is 45.8. The molecular weight excluding hydrogens is 192 g/mol. The third-order valence-corrected chi connectivity index (χ3v) is 5.65. The lowest BCUT2D eigenvalue weighted by molar-refractivity contribution is 0.129. The second-order valence-corrected chi connectivity index (χ2v) is 6.78. The van der Waals surface area contributed by atoms with E-state index in [1.165, 1.54) is 12.8 Å². The maximum absolute atomic E-state index is 2.51. The van der Waals surface area contributed by atoms with Crippen LogP contribution in [-0.2, 0) is 0 Å². The van der Waals surface area contributed by atoms with E-state index in [0.29, 0.717) is 0 Å². The molecule has 6 atom stereocenters. The minimum Gasteiger partial charge on any atom is -0.0651 e. The van der Waals surface area contributed by atoms with Crippen molar-refractivity contribution in [1.82, 2.24) is 0 Å². The van der Waals surface area contributed by atoms with E-state index < -0.39 is 0 Å². The summed E-state index contributed by atoms with van der Waals surface area (Å²) in [7, 11) is 0. The van der Waals surface area contributed by atoms with Gasteiger partial charge >= 0.3 is 0 Å². The molecule has 1 aliphatic carbocycles. The molecule has 0 amide bonds. The lowest BCUT2D eigenvalue weighted by Crippen LogP contribution is -2.29. The first-order chi connectivity index (χ1) is 7.40. The quantitative estimate of drug-likeness (QED) is 0.563. The van der Waals surface area contributed by atoms with Gasteiger partial charge in [-0.15, -0.1) is 0 Å². The molecule has 0 heterocycles. The van der Waals surface area contributed by atoms with Crippen molar-refractivity contribution < 1.29 is 0 Å². The van der Waals surface area contributed by atoms with Crippen LogP contribution in [0, 0.1) is 41.4 Å². The summed E-state index contributed by atoms with van der Waals surface area (Å²) in [5.74, 6) is 6.32. The first-order valence-corrected chi connectivity index (χ1v) is 7.40. The lowest BCUT2D eigenvalue weighted by Gasteiger charge is -2.36. The zero-order valence-electron chi connectivity index (χ0n) is 12.5. The van der Waals surface area contributed by atoms with Crippen LogP contribution < -0.4 is 0 Å². The molecular formula is C16H32. The Hall–Kier alpha value is 0. The zero-order valence-corrected chi connectivity index (χ0v) is 12.5. The van der Waals surface area contributed by atoms with Gasteiger partial charge in [0, 0.05) is 0 Å². The fourth-order valence-electron chi connectivity index (χ4n) is 4.30. The van der Waals surface area contributed by atoms with Crippen LogP contribution >= 0.6 is 0 Å². The van der Waals surface area contributed by atoms with Crippen LogP contribution in [0.5, 0.6) is 0 Å². The highest BCUT2D eigenvalue weighted by Crippen LogP contribution is 2.46. The number of hydrogen-bond acceptors (Lipinski definition) is 0. The summed E-state index contributed by atoms with van der Waals surface area (Å²) in [5, 5.41) is 0. The molecule has 0 heteroatoms. The molecule has 1 saturated carbocycles. The molecule has 16 heavy (non-hydrogen) atoms. The van der Waals surface area contributed by atoms with Crippen LogP contribution in [-0.4, -0.2) is 0 Å². The van der Waals surface area contributed by atoms with Crippen LogP contribution in [0.25, 0.3) is 0 Å². The summed E-state index contributed by atoms with van der Waals surface area (Å²) in [6.07, 6.45) is 2.82. The molecule has 0 aromatic carbocycles. The Morgan fingerprint density at radius 2 is 1.50 bits per heavy atom. The molecule has 0 aliphatic heterocycles. The minimum atomic E-state index is 0.838. The third kappa shape index (κ3) is 2.63. The van der Waals surface area contributed by atoms with Crippen molar-refractivity contribution >= 4 is 0 Å². The molecule has 0 aromatic heterocycles. The summed E-state index contributed by atoms with van der Waals surface area (Å²) >= 11 is 0. The predicted molar refractivity (Wildman–Crippen MR) is 73.4 cm³/mol. The highest BCUT2D eigenvalue weighted by molar-refractivity contribution is 4.87. The largest absolute Gasteiger partial charge is 0.0651 e. The van der Waals surface area contributed by atoms with Gasteiger partial charge in [-0.25, -0.2) is 0 Å². The van der Waals surface area contributed by atoms with E-state index in [-0.39, 0.29) is 0 Å². The maximum Gasteiger partial charge on any atom is -0.0334 e. The average molecular weight is 224 g/mol. The predicted octanol–water partition coefficient (Wildman–Crippen LogP) is 5.23. The highest BCUT2D eigenvalue weighted by Gasteiger charge is 2.39. The second-order valence-electron chi connectivity index (χ2n) is 6.78. The minimum absolute atomic E-state index is 0.838. The summed E-state index contributed by atoms with van der Waals surface area (Å²) in [6, 6.07) is 0. The van der Waals surface area contributed by atoms with Gasteiger partial charge in [0.05, 0.1) is 0 Å². The Kier molecular flexibility index (Phi) is 4.88. The first-order valence-electron chi connectivity index (χ1n) is 7.40. The molecule has 0 radical (unpaired) electrons. The SMILES string of the molecule is CCC1CC(C)C(C)C(C(C)C)C(C)C1C. The first kappa shape index (κ1) is 14.1. The van der Waals surface area contributed by atoms with E-state index in [4.69, 9.17) is 0 Å².